The summed E-state index contributed by atoms with van der Waals surface area (Å²) in [6.07, 6.45) is 0.424. The SMILES string of the molecule is CCN1CCN(C(=O)C=C2c3ccccc3N(C(=O)c3ccc(NC(=O)c4ccccc4-c4ccccc4)cc3)CCC2(F)F)CC1. The number of para-hydroxylation sites is 1. The second-order valence-corrected chi connectivity index (χ2v) is 11.7. The summed E-state index contributed by atoms with van der Waals surface area (Å²) in [6, 6.07) is 29.8. The first-order chi connectivity index (χ1) is 22.7. The summed E-state index contributed by atoms with van der Waals surface area (Å²) in [5.41, 5.74) is 3.09. The molecule has 2 heterocycles. The van der Waals surface area contributed by atoms with Crippen LogP contribution in [0.3, 0.4) is 0 Å². The van der Waals surface area contributed by atoms with Gasteiger partial charge in [0.05, 0.1) is 5.69 Å². The smallest absolute Gasteiger partial charge is 0.275 e. The van der Waals surface area contributed by atoms with E-state index in [1.807, 2.05) is 42.5 Å². The third-order valence-electron chi connectivity index (χ3n) is 8.82. The van der Waals surface area contributed by atoms with Gasteiger partial charge in [-0.3, -0.25) is 14.4 Å². The summed E-state index contributed by atoms with van der Waals surface area (Å²) in [4.78, 5) is 45.4. The summed E-state index contributed by atoms with van der Waals surface area (Å²) in [5.74, 6) is -4.53. The molecule has 4 aromatic carbocycles. The quantitative estimate of drug-likeness (QED) is 0.236. The van der Waals surface area contributed by atoms with E-state index in [1.54, 1.807) is 59.5 Å². The van der Waals surface area contributed by atoms with Crippen molar-refractivity contribution in [3.63, 3.8) is 0 Å². The number of alkyl halides is 2. The molecular weight excluding hydrogens is 598 g/mol. The summed E-state index contributed by atoms with van der Waals surface area (Å²) in [7, 11) is 0. The van der Waals surface area contributed by atoms with Gasteiger partial charge >= 0.3 is 0 Å². The molecule has 0 spiro atoms. The van der Waals surface area contributed by atoms with Crippen molar-refractivity contribution in [1.82, 2.24) is 9.80 Å². The number of piperazine rings is 1. The van der Waals surface area contributed by atoms with E-state index in [0.29, 0.717) is 43.1 Å². The second kappa shape index (κ2) is 13.7. The van der Waals surface area contributed by atoms with Crippen LogP contribution in [0.25, 0.3) is 16.7 Å². The van der Waals surface area contributed by atoms with E-state index in [9.17, 15) is 14.4 Å². The molecule has 7 nitrogen and oxygen atoms in total. The van der Waals surface area contributed by atoms with Crippen LogP contribution in [0.2, 0.25) is 0 Å². The van der Waals surface area contributed by atoms with Crippen molar-refractivity contribution in [3.05, 3.63) is 126 Å². The molecular formula is C38H36F2N4O3. The van der Waals surface area contributed by atoms with Gasteiger partial charge < -0.3 is 20.0 Å². The van der Waals surface area contributed by atoms with Crippen molar-refractivity contribution in [3.8, 4) is 11.1 Å². The maximum Gasteiger partial charge on any atom is 0.275 e. The average Bonchev–Trinajstić information content (AvgIpc) is 3.22. The standard InChI is InChI=1S/C38H36F2N4O3/c1-2-42-22-24-43(25-23-42)35(45)26-33-32-14-8-9-15-34(32)44(21-20-38(33,39)40)37(47)28-16-18-29(19-17-28)41-36(46)31-13-7-6-12-30(31)27-10-4-3-5-11-27/h3-19,26H,2,20-25H2,1H3,(H,41,46). The molecule has 47 heavy (non-hydrogen) atoms. The molecule has 3 amide bonds. The van der Waals surface area contributed by atoms with Crippen molar-refractivity contribution in [1.29, 1.82) is 0 Å². The summed E-state index contributed by atoms with van der Waals surface area (Å²) < 4.78 is 31.4. The Balaban J connectivity index is 1.22. The predicted molar refractivity (Wildman–Crippen MR) is 181 cm³/mol. The number of nitrogens with zero attached hydrogens (tertiary/aromatic N) is 3. The largest absolute Gasteiger partial charge is 0.337 e. The number of allylic oxidation sites excluding steroid dienone is 1. The van der Waals surface area contributed by atoms with Gasteiger partial charge in [-0.05, 0) is 54.1 Å². The Morgan fingerprint density at radius 1 is 0.766 bits per heavy atom. The summed E-state index contributed by atoms with van der Waals surface area (Å²) in [5, 5.41) is 2.90. The van der Waals surface area contributed by atoms with Crippen LogP contribution in [0.5, 0.6) is 0 Å². The number of hydrogen-bond donors (Lipinski definition) is 1. The molecule has 2 aliphatic rings. The number of nitrogens with one attached hydrogen (secondary N) is 1. The Hall–Kier alpha value is -5.15. The number of hydrogen-bond acceptors (Lipinski definition) is 4. The Morgan fingerprint density at radius 2 is 1.40 bits per heavy atom. The highest BCUT2D eigenvalue weighted by Gasteiger charge is 2.41. The zero-order chi connectivity index (χ0) is 33.0. The molecule has 0 atom stereocenters. The molecule has 9 heteroatoms. The number of anilines is 2. The van der Waals surface area contributed by atoms with Crippen molar-refractivity contribution in [2.45, 2.75) is 19.3 Å². The Bertz CT molecular complexity index is 1800. The average molecular weight is 635 g/mol. The number of amides is 3. The van der Waals surface area contributed by atoms with Crippen molar-refractivity contribution < 1.29 is 23.2 Å². The molecule has 0 radical (unpaired) electrons. The van der Waals surface area contributed by atoms with Crippen molar-refractivity contribution in [2.75, 3.05) is 49.5 Å². The molecule has 2 aliphatic heterocycles. The van der Waals surface area contributed by atoms with E-state index >= 15 is 8.78 Å². The van der Waals surface area contributed by atoms with Crippen LogP contribution in [0, 0.1) is 0 Å². The van der Waals surface area contributed by atoms with Crippen LogP contribution in [0.15, 0.2) is 109 Å². The molecule has 4 aromatic rings. The second-order valence-electron chi connectivity index (χ2n) is 11.7. The van der Waals surface area contributed by atoms with E-state index in [1.165, 1.54) is 11.0 Å². The number of fused-ring (bicyclic) bond motifs is 1. The molecule has 1 N–H and O–H groups in total. The number of benzene rings is 4. The minimum absolute atomic E-state index is 0.157. The maximum absolute atomic E-state index is 15.7. The summed E-state index contributed by atoms with van der Waals surface area (Å²) >= 11 is 0. The van der Waals surface area contributed by atoms with Gasteiger partial charge in [-0.2, -0.15) is 0 Å². The number of likely N-dealkylation sites (N-methyl/N-ethyl adjacent to an activating group) is 1. The van der Waals surface area contributed by atoms with Gasteiger partial charge in [-0.1, -0.05) is 73.7 Å². The minimum atomic E-state index is -3.32. The van der Waals surface area contributed by atoms with E-state index < -0.39 is 24.2 Å². The van der Waals surface area contributed by atoms with Gasteiger partial charge in [0.2, 0.25) is 5.91 Å². The molecule has 1 fully saturated rings. The van der Waals surface area contributed by atoms with Gasteiger partial charge in [0.25, 0.3) is 17.7 Å². The minimum Gasteiger partial charge on any atom is -0.337 e. The van der Waals surface area contributed by atoms with Crippen LogP contribution < -0.4 is 10.2 Å². The van der Waals surface area contributed by atoms with Gasteiger partial charge in [-0.25, -0.2) is 8.78 Å². The Morgan fingerprint density at radius 3 is 2.11 bits per heavy atom. The topological polar surface area (TPSA) is 73.0 Å². The molecule has 0 saturated carbocycles. The van der Waals surface area contributed by atoms with Crippen molar-refractivity contribution >= 4 is 34.7 Å². The lowest BCUT2D eigenvalue weighted by atomic mass is 9.96. The molecule has 0 unspecified atom stereocenters. The molecule has 240 valence electrons. The maximum atomic E-state index is 15.7. The van der Waals surface area contributed by atoms with Gasteiger partial charge in [0.1, 0.15) is 0 Å². The first-order valence-electron chi connectivity index (χ1n) is 15.8. The molecule has 0 aliphatic carbocycles. The zero-order valence-corrected chi connectivity index (χ0v) is 26.2. The number of carbonyl (C=O) groups is 3. The fourth-order valence-electron chi connectivity index (χ4n) is 6.14. The molecule has 1 saturated heterocycles. The lowest BCUT2D eigenvalue weighted by Crippen LogP contribution is -2.48. The third kappa shape index (κ3) is 6.85. The highest BCUT2D eigenvalue weighted by Crippen LogP contribution is 2.43. The highest BCUT2D eigenvalue weighted by molar-refractivity contribution is 6.11. The van der Waals surface area contributed by atoms with E-state index in [2.05, 4.69) is 17.1 Å². The zero-order valence-electron chi connectivity index (χ0n) is 26.2. The van der Waals surface area contributed by atoms with E-state index in [4.69, 9.17) is 0 Å². The lowest BCUT2D eigenvalue weighted by molar-refractivity contribution is -0.127. The highest BCUT2D eigenvalue weighted by atomic mass is 19.3. The van der Waals surface area contributed by atoms with Gasteiger partial charge in [0, 0.05) is 73.2 Å². The number of carbonyl (C=O) groups excluding carboxylic acids is 3. The van der Waals surface area contributed by atoms with E-state index in [0.717, 1.165) is 23.7 Å². The molecule has 6 rings (SSSR count). The fraction of sp³-hybridized carbons (Fsp3) is 0.237. The predicted octanol–water partition coefficient (Wildman–Crippen LogP) is 6.84. The first-order valence-corrected chi connectivity index (χ1v) is 15.8. The van der Waals surface area contributed by atoms with Crippen LogP contribution in [-0.4, -0.2) is 72.7 Å². The van der Waals surface area contributed by atoms with Crippen LogP contribution in [0.1, 0.15) is 39.6 Å². The Labute approximate surface area is 273 Å². The molecule has 0 bridgehead atoms. The van der Waals surface area contributed by atoms with Crippen LogP contribution >= 0.6 is 0 Å². The van der Waals surface area contributed by atoms with Crippen LogP contribution in [-0.2, 0) is 4.79 Å². The first kappa shape index (κ1) is 31.8. The van der Waals surface area contributed by atoms with Crippen LogP contribution in [0.4, 0.5) is 20.2 Å². The monoisotopic (exact) mass is 634 g/mol. The van der Waals surface area contributed by atoms with Gasteiger partial charge in [0.15, 0.2) is 0 Å². The number of rotatable bonds is 6. The van der Waals surface area contributed by atoms with Gasteiger partial charge in [-0.15, -0.1) is 0 Å². The Kier molecular flexibility index (Phi) is 9.26. The normalized spacial score (nSPS) is 17.1. The fourth-order valence-corrected chi connectivity index (χ4v) is 6.14. The third-order valence-corrected chi connectivity index (χ3v) is 8.82. The molecule has 0 aromatic heterocycles. The van der Waals surface area contributed by atoms with Crippen molar-refractivity contribution in [2.24, 2.45) is 0 Å². The van der Waals surface area contributed by atoms with E-state index in [-0.39, 0.29) is 29.2 Å². The lowest BCUT2D eigenvalue weighted by Gasteiger charge is -2.33. The number of halogens is 2. The summed E-state index contributed by atoms with van der Waals surface area (Å²) in [6.45, 7) is 5.04.